The standard InChI is InChI=1S/C20H30N4/c1-16-12-24(13-18-8-6-5-7-9-18)11-10-20(16)22(3)14-19-15-23(4)21-17(19)2/h5-9,15-16,20H,10-14H2,1-4H3/t16-,20+/m0/s1. The van der Waals surface area contributed by atoms with Crippen molar-refractivity contribution in [1.29, 1.82) is 0 Å². The first kappa shape index (κ1) is 17.2. The van der Waals surface area contributed by atoms with Crippen LogP contribution in [-0.4, -0.2) is 45.8 Å². The van der Waals surface area contributed by atoms with Crippen molar-refractivity contribution in [3.63, 3.8) is 0 Å². The third kappa shape index (κ3) is 4.05. The fourth-order valence-corrected chi connectivity index (χ4v) is 4.05. The van der Waals surface area contributed by atoms with Crippen LogP contribution in [0.4, 0.5) is 0 Å². The predicted octanol–water partition coefficient (Wildman–Crippen LogP) is 3.07. The number of hydrogen-bond donors (Lipinski definition) is 0. The van der Waals surface area contributed by atoms with Gasteiger partial charge in [0.2, 0.25) is 0 Å². The Hall–Kier alpha value is -1.65. The highest BCUT2D eigenvalue weighted by atomic mass is 15.3. The van der Waals surface area contributed by atoms with Crippen molar-refractivity contribution in [2.24, 2.45) is 13.0 Å². The monoisotopic (exact) mass is 326 g/mol. The van der Waals surface area contributed by atoms with Crippen molar-refractivity contribution < 1.29 is 0 Å². The molecular formula is C20H30N4. The zero-order valence-corrected chi connectivity index (χ0v) is 15.4. The summed E-state index contributed by atoms with van der Waals surface area (Å²) < 4.78 is 1.92. The van der Waals surface area contributed by atoms with Gasteiger partial charge in [-0.3, -0.25) is 14.5 Å². The van der Waals surface area contributed by atoms with Gasteiger partial charge in [0.1, 0.15) is 0 Å². The van der Waals surface area contributed by atoms with Crippen molar-refractivity contribution in [1.82, 2.24) is 19.6 Å². The molecule has 2 heterocycles. The first-order valence-corrected chi connectivity index (χ1v) is 8.98. The lowest BCUT2D eigenvalue weighted by atomic mass is 9.92. The molecule has 1 aliphatic rings. The Balaban J connectivity index is 1.56. The van der Waals surface area contributed by atoms with E-state index < -0.39 is 0 Å². The van der Waals surface area contributed by atoms with Gasteiger partial charge in [0.15, 0.2) is 0 Å². The molecule has 3 rings (SSSR count). The Labute approximate surface area is 146 Å². The van der Waals surface area contributed by atoms with E-state index in [1.165, 1.54) is 30.6 Å². The Bertz CT molecular complexity index is 649. The molecule has 4 heteroatoms. The lowest BCUT2D eigenvalue weighted by molar-refractivity contribution is 0.0718. The molecular weight excluding hydrogens is 296 g/mol. The SMILES string of the molecule is Cc1nn(C)cc1CN(C)[C@@H]1CCN(Cc2ccccc2)C[C@@H]1C. The van der Waals surface area contributed by atoms with Crippen LogP contribution in [0.25, 0.3) is 0 Å². The Kier molecular flexibility index (Phi) is 5.36. The van der Waals surface area contributed by atoms with Crippen molar-refractivity contribution >= 4 is 0 Å². The fraction of sp³-hybridized carbons (Fsp3) is 0.550. The Morgan fingerprint density at radius 3 is 2.62 bits per heavy atom. The number of hydrogen-bond acceptors (Lipinski definition) is 3. The van der Waals surface area contributed by atoms with Crippen LogP contribution in [0.15, 0.2) is 36.5 Å². The molecule has 1 aromatic carbocycles. The van der Waals surface area contributed by atoms with Crippen molar-refractivity contribution in [3.05, 3.63) is 53.3 Å². The number of likely N-dealkylation sites (tertiary alicyclic amines) is 1. The number of aryl methyl sites for hydroxylation is 2. The van der Waals surface area contributed by atoms with Crippen LogP contribution in [0.3, 0.4) is 0 Å². The van der Waals surface area contributed by atoms with Crippen LogP contribution in [0.1, 0.15) is 30.2 Å². The van der Waals surface area contributed by atoms with Crippen molar-refractivity contribution in [2.75, 3.05) is 20.1 Å². The van der Waals surface area contributed by atoms with E-state index in [4.69, 9.17) is 0 Å². The fourth-order valence-electron chi connectivity index (χ4n) is 4.05. The third-order valence-electron chi connectivity index (χ3n) is 5.29. The molecule has 2 aromatic rings. The molecule has 1 fully saturated rings. The summed E-state index contributed by atoms with van der Waals surface area (Å²) in [6.07, 6.45) is 3.39. The van der Waals surface area contributed by atoms with E-state index in [0.717, 1.165) is 18.8 Å². The Morgan fingerprint density at radius 2 is 2.00 bits per heavy atom. The second-order valence-electron chi connectivity index (χ2n) is 7.38. The van der Waals surface area contributed by atoms with Gasteiger partial charge in [0, 0.05) is 44.5 Å². The highest BCUT2D eigenvalue weighted by Gasteiger charge is 2.29. The zero-order chi connectivity index (χ0) is 17.1. The number of rotatable bonds is 5. The van der Waals surface area contributed by atoms with Gasteiger partial charge in [-0.2, -0.15) is 5.10 Å². The van der Waals surface area contributed by atoms with Crippen LogP contribution < -0.4 is 0 Å². The topological polar surface area (TPSA) is 24.3 Å². The van der Waals surface area contributed by atoms with E-state index in [1.54, 1.807) is 0 Å². The quantitative estimate of drug-likeness (QED) is 0.844. The highest BCUT2D eigenvalue weighted by Crippen LogP contribution is 2.24. The van der Waals surface area contributed by atoms with Gasteiger partial charge in [-0.25, -0.2) is 0 Å². The molecule has 0 spiro atoms. The van der Waals surface area contributed by atoms with Crippen LogP contribution in [-0.2, 0) is 20.1 Å². The van der Waals surface area contributed by atoms with E-state index in [-0.39, 0.29) is 0 Å². The molecule has 4 nitrogen and oxygen atoms in total. The van der Waals surface area contributed by atoms with Gasteiger partial charge in [-0.05, 0) is 38.4 Å². The molecule has 1 aliphatic heterocycles. The molecule has 0 radical (unpaired) electrons. The van der Waals surface area contributed by atoms with Crippen molar-refractivity contribution in [2.45, 2.75) is 39.4 Å². The summed E-state index contributed by atoms with van der Waals surface area (Å²) >= 11 is 0. The van der Waals surface area contributed by atoms with Crippen LogP contribution in [0.5, 0.6) is 0 Å². The normalized spacial score (nSPS) is 22.2. The first-order chi connectivity index (χ1) is 11.5. The second-order valence-corrected chi connectivity index (χ2v) is 7.38. The summed E-state index contributed by atoms with van der Waals surface area (Å²) in [4.78, 5) is 5.12. The maximum atomic E-state index is 4.47. The average Bonchev–Trinajstić information content (AvgIpc) is 2.86. The molecule has 0 unspecified atom stereocenters. The molecule has 130 valence electrons. The lowest BCUT2D eigenvalue weighted by Crippen LogP contribution is -2.48. The number of benzene rings is 1. The van der Waals surface area contributed by atoms with Gasteiger partial charge in [-0.15, -0.1) is 0 Å². The van der Waals surface area contributed by atoms with Gasteiger partial charge < -0.3 is 0 Å². The van der Waals surface area contributed by atoms with Crippen molar-refractivity contribution in [3.8, 4) is 0 Å². The van der Waals surface area contributed by atoms with Crippen LogP contribution in [0.2, 0.25) is 0 Å². The second kappa shape index (κ2) is 7.49. The highest BCUT2D eigenvalue weighted by molar-refractivity contribution is 5.16. The van der Waals surface area contributed by atoms with E-state index >= 15 is 0 Å². The maximum Gasteiger partial charge on any atom is 0.0638 e. The van der Waals surface area contributed by atoms with Crippen LogP contribution in [0, 0.1) is 12.8 Å². The third-order valence-corrected chi connectivity index (χ3v) is 5.29. The summed E-state index contributed by atoms with van der Waals surface area (Å²) in [5.74, 6) is 0.685. The average molecular weight is 326 g/mol. The molecule has 0 amide bonds. The molecule has 0 saturated carbocycles. The summed E-state index contributed by atoms with van der Waals surface area (Å²) in [5, 5.41) is 4.47. The van der Waals surface area contributed by atoms with Gasteiger partial charge in [-0.1, -0.05) is 37.3 Å². The summed E-state index contributed by atoms with van der Waals surface area (Å²) in [6, 6.07) is 11.5. The van der Waals surface area contributed by atoms with E-state index in [2.05, 4.69) is 72.3 Å². The van der Waals surface area contributed by atoms with E-state index in [1.807, 2.05) is 11.7 Å². The number of aromatic nitrogens is 2. The molecule has 1 aromatic heterocycles. The molecule has 1 saturated heterocycles. The minimum atomic E-state index is 0.650. The number of piperidine rings is 1. The minimum absolute atomic E-state index is 0.650. The first-order valence-electron chi connectivity index (χ1n) is 8.98. The van der Waals surface area contributed by atoms with E-state index in [0.29, 0.717) is 12.0 Å². The molecule has 24 heavy (non-hydrogen) atoms. The molecule has 0 N–H and O–H groups in total. The van der Waals surface area contributed by atoms with Crippen LogP contribution >= 0.6 is 0 Å². The maximum absolute atomic E-state index is 4.47. The summed E-state index contributed by atoms with van der Waals surface area (Å²) in [7, 11) is 4.27. The molecule has 0 bridgehead atoms. The smallest absolute Gasteiger partial charge is 0.0638 e. The minimum Gasteiger partial charge on any atom is -0.299 e. The number of nitrogens with zero attached hydrogens (tertiary/aromatic N) is 4. The Morgan fingerprint density at radius 1 is 1.25 bits per heavy atom. The summed E-state index contributed by atoms with van der Waals surface area (Å²) in [5.41, 5.74) is 3.92. The van der Waals surface area contributed by atoms with Gasteiger partial charge in [0.25, 0.3) is 0 Å². The molecule has 2 atom stereocenters. The largest absolute Gasteiger partial charge is 0.299 e. The predicted molar refractivity (Wildman–Crippen MR) is 98.7 cm³/mol. The summed E-state index contributed by atoms with van der Waals surface area (Å²) in [6.45, 7) is 8.93. The van der Waals surface area contributed by atoms with Gasteiger partial charge >= 0.3 is 0 Å². The van der Waals surface area contributed by atoms with Gasteiger partial charge in [0.05, 0.1) is 5.69 Å². The molecule has 0 aliphatic carbocycles. The zero-order valence-electron chi connectivity index (χ0n) is 15.4. The lowest BCUT2D eigenvalue weighted by Gasteiger charge is -2.41. The van der Waals surface area contributed by atoms with E-state index in [9.17, 15) is 0 Å².